The van der Waals surface area contributed by atoms with Gasteiger partial charge < -0.3 is 15.2 Å². The van der Waals surface area contributed by atoms with Crippen LogP contribution in [-0.4, -0.2) is 36.2 Å². The fraction of sp³-hybridized carbons (Fsp3) is 0.273. The molecule has 0 amide bonds. The van der Waals surface area contributed by atoms with Gasteiger partial charge in [-0.25, -0.2) is 15.0 Å². The maximum absolute atomic E-state index is 11.9. The molecular formula is C22H23N7O. The molecule has 4 aromatic rings. The quantitative estimate of drug-likeness (QED) is 0.534. The number of hydrogen-bond donors (Lipinski definition) is 2. The molecule has 152 valence electrons. The van der Waals surface area contributed by atoms with Gasteiger partial charge in [-0.1, -0.05) is 6.07 Å². The van der Waals surface area contributed by atoms with Gasteiger partial charge in [0.05, 0.1) is 18.1 Å². The van der Waals surface area contributed by atoms with Crippen molar-refractivity contribution in [1.29, 1.82) is 0 Å². The summed E-state index contributed by atoms with van der Waals surface area (Å²) in [4.78, 5) is 25.6. The number of hydrogen-bond acceptors (Lipinski definition) is 6. The Morgan fingerprint density at radius 1 is 0.933 bits per heavy atom. The molecule has 0 saturated heterocycles. The van der Waals surface area contributed by atoms with Gasteiger partial charge >= 0.3 is 0 Å². The molecule has 0 aliphatic heterocycles. The van der Waals surface area contributed by atoms with Crippen molar-refractivity contribution in [3.05, 3.63) is 71.5 Å². The first kappa shape index (κ1) is 18.4. The van der Waals surface area contributed by atoms with Crippen molar-refractivity contribution in [1.82, 2.24) is 24.1 Å². The zero-order valence-electron chi connectivity index (χ0n) is 16.7. The maximum Gasteiger partial charge on any atom is 0.255 e. The number of fused-ring (bicyclic) bond motifs is 1. The van der Waals surface area contributed by atoms with Gasteiger partial charge in [-0.15, -0.1) is 0 Å². The molecule has 2 N–H and O–H groups in total. The monoisotopic (exact) mass is 401 g/mol. The van der Waals surface area contributed by atoms with Crippen LogP contribution in [0.5, 0.6) is 0 Å². The fourth-order valence-corrected chi connectivity index (χ4v) is 4.02. The average molecular weight is 401 g/mol. The molecule has 1 fully saturated rings. The third kappa shape index (κ3) is 3.63. The summed E-state index contributed by atoms with van der Waals surface area (Å²) < 4.78 is 3.55. The first-order valence-corrected chi connectivity index (χ1v) is 10.1. The summed E-state index contributed by atoms with van der Waals surface area (Å²) >= 11 is 0. The van der Waals surface area contributed by atoms with Crippen LogP contribution in [0.3, 0.4) is 0 Å². The minimum atomic E-state index is -0.0680. The molecule has 0 unspecified atom stereocenters. The zero-order chi connectivity index (χ0) is 20.5. The van der Waals surface area contributed by atoms with Crippen molar-refractivity contribution in [3.63, 3.8) is 0 Å². The van der Waals surface area contributed by atoms with Crippen LogP contribution >= 0.6 is 0 Å². The van der Waals surface area contributed by atoms with Crippen molar-refractivity contribution in [3.8, 4) is 5.69 Å². The average Bonchev–Trinajstić information content (AvgIpc) is 3.35. The molecule has 1 aliphatic rings. The third-order valence-electron chi connectivity index (χ3n) is 5.55. The molecule has 4 heterocycles. The summed E-state index contributed by atoms with van der Waals surface area (Å²) in [6.45, 7) is 0. The minimum Gasteiger partial charge on any atom is -0.367 e. The predicted molar refractivity (Wildman–Crippen MR) is 117 cm³/mol. The first-order chi connectivity index (χ1) is 14.7. The fourth-order valence-electron chi connectivity index (χ4n) is 4.02. The van der Waals surface area contributed by atoms with E-state index in [-0.39, 0.29) is 5.56 Å². The van der Waals surface area contributed by atoms with Crippen molar-refractivity contribution in [2.75, 3.05) is 10.6 Å². The van der Waals surface area contributed by atoms with Crippen molar-refractivity contribution < 1.29 is 0 Å². The normalized spacial score (nSPS) is 18.6. The number of anilines is 2. The lowest BCUT2D eigenvalue weighted by atomic mass is 10.2. The number of nitrogens with zero attached hydrogens (tertiary/aromatic N) is 5. The zero-order valence-corrected chi connectivity index (χ0v) is 16.7. The first-order valence-electron chi connectivity index (χ1n) is 10.1. The second kappa shape index (κ2) is 7.62. The Hall–Kier alpha value is -3.68. The summed E-state index contributed by atoms with van der Waals surface area (Å²) in [5.74, 6) is 1.63. The molecule has 30 heavy (non-hydrogen) atoms. The van der Waals surface area contributed by atoms with E-state index in [1.807, 2.05) is 42.1 Å². The minimum absolute atomic E-state index is 0.0680. The topological polar surface area (TPSA) is 89.7 Å². The van der Waals surface area contributed by atoms with Gasteiger partial charge in [0.25, 0.3) is 5.56 Å². The summed E-state index contributed by atoms with van der Waals surface area (Å²) in [6.07, 6.45) is 10.3. The van der Waals surface area contributed by atoms with Crippen LogP contribution < -0.4 is 16.2 Å². The van der Waals surface area contributed by atoms with Crippen molar-refractivity contribution in [2.45, 2.75) is 31.3 Å². The molecule has 0 aromatic carbocycles. The molecule has 0 spiro atoms. The molecule has 5 rings (SSSR count). The predicted octanol–water partition coefficient (Wildman–Crippen LogP) is 2.96. The van der Waals surface area contributed by atoms with Gasteiger partial charge in [0.1, 0.15) is 17.2 Å². The molecule has 0 radical (unpaired) electrons. The maximum atomic E-state index is 11.9. The number of nitrogens with one attached hydrogen (secondary N) is 2. The molecule has 1 aliphatic carbocycles. The Bertz CT molecular complexity index is 1230. The molecule has 8 nitrogen and oxygen atoms in total. The molecule has 8 heteroatoms. The Morgan fingerprint density at radius 3 is 2.53 bits per heavy atom. The Kier molecular flexibility index (Phi) is 4.66. The SMILES string of the molecule is Cn1ccc2nc(N[C@H]3CC[C@H](Nc4ccc(-n5ccccc5=O)cn4)C3)cnc21. The second-order valence-corrected chi connectivity index (χ2v) is 7.70. The van der Waals surface area contributed by atoms with Gasteiger partial charge in [-0.05, 0) is 43.5 Å². The van der Waals surface area contributed by atoms with Crippen LogP contribution in [0.4, 0.5) is 11.6 Å². The molecule has 1 saturated carbocycles. The summed E-state index contributed by atoms with van der Waals surface area (Å²) in [7, 11) is 1.97. The highest BCUT2D eigenvalue weighted by Gasteiger charge is 2.25. The van der Waals surface area contributed by atoms with Crippen molar-refractivity contribution >= 4 is 22.8 Å². The van der Waals surface area contributed by atoms with Crippen LogP contribution in [0, 0.1) is 0 Å². The Balaban J connectivity index is 1.21. The lowest BCUT2D eigenvalue weighted by molar-refractivity contribution is 0.720. The van der Waals surface area contributed by atoms with E-state index in [9.17, 15) is 4.79 Å². The van der Waals surface area contributed by atoms with Crippen LogP contribution in [0.15, 0.2) is 66.0 Å². The van der Waals surface area contributed by atoms with E-state index in [0.717, 1.165) is 47.7 Å². The molecular weight excluding hydrogens is 378 g/mol. The highest BCUT2D eigenvalue weighted by molar-refractivity contribution is 5.72. The third-order valence-corrected chi connectivity index (χ3v) is 5.55. The van der Waals surface area contributed by atoms with Crippen LogP contribution in [-0.2, 0) is 7.05 Å². The van der Waals surface area contributed by atoms with Crippen molar-refractivity contribution in [2.24, 2.45) is 7.05 Å². The highest BCUT2D eigenvalue weighted by Crippen LogP contribution is 2.25. The Labute approximate surface area is 173 Å². The highest BCUT2D eigenvalue weighted by atomic mass is 16.1. The van der Waals surface area contributed by atoms with Gasteiger partial charge in [0, 0.05) is 37.6 Å². The lowest BCUT2D eigenvalue weighted by Gasteiger charge is -2.16. The molecule has 2 atom stereocenters. The summed E-state index contributed by atoms with van der Waals surface area (Å²) in [5, 5.41) is 7.02. The van der Waals surface area contributed by atoms with Crippen LogP contribution in [0.2, 0.25) is 0 Å². The van der Waals surface area contributed by atoms with E-state index in [1.54, 1.807) is 29.2 Å². The molecule has 0 bridgehead atoms. The Morgan fingerprint density at radius 2 is 1.77 bits per heavy atom. The number of aryl methyl sites for hydroxylation is 1. The standard InChI is InChI=1S/C22H23N7O/c1-28-11-9-18-22(28)24-14-20(27-18)26-16-6-5-15(12-16)25-19-8-7-17(13-23-19)29-10-3-2-4-21(29)30/h2-4,7-11,13-16H,5-6,12H2,1H3,(H,23,25)(H,26,27)/t15-,16-/m0/s1. The van der Waals surface area contributed by atoms with Gasteiger partial charge in [-0.3, -0.25) is 9.36 Å². The van der Waals surface area contributed by atoms with Crippen LogP contribution in [0.25, 0.3) is 16.9 Å². The van der Waals surface area contributed by atoms with E-state index < -0.39 is 0 Å². The van der Waals surface area contributed by atoms with Gasteiger partial charge in [0.2, 0.25) is 0 Å². The summed E-state index contributed by atoms with van der Waals surface area (Å²) in [6, 6.07) is 11.6. The number of rotatable bonds is 5. The van der Waals surface area contributed by atoms with Gasteiger partial charge in [0.15, 0.2) is 5.65 Å². The van der Waals surface area contributed by atoms with E-state index in [0.29, 0.717) is 12.1 Å². The molecule has 4 aromatic heterocycles. The largest absolute Gasteiger partial charge is 0.367 e. The van der Waals surface area contributed by atoms with E-state index in [4.69, 9.17) is 0 Å². The lowest BCUT2D eigenvalue weighted by Crippen LogP contribution is -2.21. The van der Waals surface area contributed by atoms with Gasteiger partial charge in [-0.2, -0.15) is 0 Å². The van der Waals surface area contributed by atoms with E-state index >= 15 is 0 Å². The van der Waals surface area contributed by atoms with E-state index in [2.05, 4.69) is 25.6 Å². The smallest absolute Gasteiger partial charge is 0.255 e. The van der Waals surface area contributed by atoms with E-state index in [1.165, 1.54) is 6.07 Å². The van der Waals surface area contributed by atoms with Crippen LogP contribution in [0.1, 0.15) is 19.3 Å². The number of pyridine rings is 2. The second-order valence-electron chi connectivity index (χ2n) is 7.70. The number of aromatic nitrogens is 5. The summed E-state index contributed by atoms with van der Waals surface area (Å²) in [5.41, 5.74) is 2.48.